The van der Waals surface area contributed by atoms with Crippen molar-refractivity contribution in [2.45, 2.75) is 6.54 Å². The maximum Gasteiger partial charge on any atom is 0.339 e. The molecular formula is C20H17ClN4O3. The summed E-state index contributed by atoms with van der Waals surface area (Å²) in [5, 5.41) is 6.34. The molecule has 0 bridgehead atoms. The van der Waals surface area contributed by atoms with Crippen molar-refractivity contribution in [1.82, 2.24) is 9.97 Å². The number of hydrogen-bond acceptors (Lipinski definition) is 6. The molecule has 0 atom stereocenters. The van der Waals surface area contributed by atoms with Crippen molar-refractivity contribution >= 4 is 35.1 Å². The van der Waals surface area contributed by atoms with Gasteiger partial charge in [-0.1, -0.05) is 41.9 Å². The lowest BCUT2D eigenvalue weighted by Gasteiger charge is -2.10. The number of hydrogen-bond donors (Lipinski definition) is 2. The zero-order valence-electron chi connectivity index (χ0n) is 15.0. The number of nitrogens with zero attached hydrogens (tertiary/aromatic N) is 2. The van der Waals surface area contributed by atoms with E-state index in [2.05, 4.69) is 20.6 Å². The van der Waals surface area contributed by atoms with Gasteiger partial charge in [-0.25, -0.2) is 14.8 Å². The molecule has 0 unspecified atom stereocenters. The lowest BCUT2D eigenvalue weighted by molar-refractivity contribution is 0.0602. The van der Waals surface area contributed by atoms with E-state index >= 15 is 0 Å². The molecule has 0 aliphatic rings. The maximum absolute atomic E-state index is 12.6. The summed E-state index contributed by atoms with van der Waals surface area (Å²) in [5.41, 5.74) is 1.62. The third kappa shape index (κ3) is 4.63. The Kier molecular flexibility index (Phi) is 6.18. The zero-order valence-corrected chi connectivity index (χ0v) is 15.7. The number of methoxy groups -OCH3 is 1. The molecule has 8 heteroatoms. The van der Waals surface area contributed by atoms with Crippen LogP contribution < -0.4 is 10.6 Å². The van der Waals surface area contributed by atoms with Crippen molar-refractivity contribution < 1.29 is 14.3 Å². The Labute approximate surface area is 166 Å². The molecule has 2 N–H and O–H groups in total. The first-order valence-corrected chi connectivity index (χ1v) is 8.75. The minimum Gasteiger partial charge on any atom is -0.465 e. The van der Waals surface area contributed by atoms with E-state index in [9.17, 15) is 9.59 Å². The largest absolute Gasteiger partial charge is 0.465 e. The fourth-order valence-corrected chi connectivity index (χ4v) is 2.66. The Morgan fingerprint density at radius 2 is 1.82 bits per heavy atom. The maximum atomic E-state index is 12.6. The van der Waals surface area contributed by atoms with E-state index in [0.29, 0.717) is 17.3 Å². The number of esters is 1. The summed E-state index contributed by atoms with van der Waals surface area (Å²) >= 11 is 6.13. The average molecular weight is 397 g/mol. The third-order valence-corrected chi connectivity index (χ3v) is 4.23. The van der Waals surface area contributed by atoms with E-state index in [-0.39, 0.29) is 17.2 Å². The summed E-state index contributed by atoms with van der Waals surface area (Å²) in [5.74, 6) is -0.728. The first-order valence-electron chi connectivity index (χ1n) is 8.37. The van der Waals surface area contributed by atoms with Gasteiger partial charge in [0.2, 0.25) is 5.95 Å². The van der Waals surface area contributed by atoms with Crippen LogP contribution in [0.5, 0.6) is 0 Å². The highest BCUT2D eigenvalue weighted by Crippen LogP contribution is 2.18. The normalized spacial score (nSPS) is 10.2. The summed E-state index contributed by atoms with van der Waals surface area (Å²) in [6.07, 6.45) is 1.48. The molecule has 1 aromatic heterocycles. The summed E-state index contributed by atoms with van der Waals surface area (Å²) < 4.78 is 4.73. The average Bonchev–Trinajstić information content (AvgIpc) is 2.73. The highest BCUT2D eigenvalue weighted by Gasteiger charge is 2.15. The molecule has 0 saturated heterocycles. The third-order valence-electron chi connectivity index (χ3n) is 3.86. The van der Waals surface area contributed by atoms with Gasteiger partial charge < -0.3 is 15.4 Å². The monoisotopic (exact) mass is 396 g/mol. The first kappa shape index (κ1) is 19.3. The standard InChI is InChI=1S/C20H17ClN4O3/c1-28-19(27)14-7-3-5-9-16(14)24-18(26)17-10-11-22-20(25-17)23-12-13-6-2-4-8-15(13)21/h2-11H,12H2,1H3,(H,24,26)(H,22,23,25). The molecule has 3 rings (SSSR count). The quantitative estimate of drug-likeness (QED) is 0.616. The molecule has 0 radical (unpaired) electrons. The molecule has 2 aromatic carbocycles. The van der Waals surface area contributed by atoms with Crippen molar-refractivity contribution in [3.8, 4) is 0 Å². The SMILES string of the molecule is COC(=O)c1ccccc1NC(=O)c1ccnc(NCc2ccccc2Cl)n1. The summed E-state index contributed by atoms with van der Waals surface area (Å²) in [4.78, 5) is 32.7. The minimum absolute atomic E-state index is 0.149. The van der Waals surface area contributed by atoms with Gasteiger partial charge in [0.05, 0.1) is 18.4 Å². The number of benzene rings is 2. The Morgan fingerprint density at radius 1 is 1.07 bits per heavy atom. The molecule has 3 aromatic rings. The zero-order chi connectivity index (χ0) is 19.9. The highest BCUT2D eigenvalue weighted by molar-refractivity contribution is 6.31. The van der Waals surface area contributed by atoms with Gasteiger partial charge in [0, 0.05) is 17.8 Å². The number of amides is 1. The van der Waals surface area contributed by atoms with Crippen LogP contribution in [-0.4, -0.2) is 29.0 Å². The number of ether oxygens (including phenoxy) is 1. The van der Waals surface area contributed by atoms with Gasteiger partial charge in [-0.2, -0.15) is 0 Å². The van der Waals surface area contributed by atoms with Crippen LogP contribution in [0.2, 0.25) is 5.02 Å². The molecule has 0 spiro atoms. The second kappa shape index (κ2) is 8.96. The van der Waals surface area contributed by atoms with Crippen LogP contribution in [0.15, 0.2) is 60.8 Å². The Hall–Kier alpha value is -3.45. The lowest BCUT2D eigenvalue weighted by Crippen LogP contribution is -2.17. The molecule has 7 nitrogen and oxygen atoms in total. The van der Waals surface area contributed by atoms with E-state index in [1.165, 1.54) is 19.4 Å². The molecular weight excluding hydrogens is 380 g/mol. The van der Waals surface area contributed by atoms with Gasteiger partial charge in [0.25, 0.3) is 5.91 Å². The van der Waals surface area contributed by atoms with E-state index in [1.54, 1.807) is 30.3 Å². The fourth-order valence-electron chi connectivity index (χ4n) is 2.45. The van der Waals surface area contributed by atoms with Crippen molar-refractivity contribution in [1.29, 1.82) is 0 Å². The van der Waals surface area contributed by atoms with Crippen LogP contribution in [0, 0.1) is 0 Å². The van der Waals surface area contributed by atoms with E-state index < -0.39 is 11.9 Å². The number of halogens is 1. The predicted octanol–water partition coefficient (Wildman–Crippen LogP) is 3.78. The first-order chi connectivity index (χ1) is 13.6. The van der Waals surface area contributed by atoms with Crippen molar-refractivity contribution in [2.24, 2.45) is 0 Å². The predicted molar refractivity (Wildman–Crippen MR) is 107 cm³/mol. The van der Waals surface area contributed by atoms with Crippen molar-refractivity contribution in [3.05, 3.63) is 82.6 Å². The van der Waals surface area contributed by atoms with Crippen LogP contribution in [0.1, 0.15) is 26.4 Å². The van der Waals surface area contributed by atoms with Crippen LogP contribution in [0.3, 0.4) is 0 Å². The van der Waals surface area contributed by atoms with E-state index in [4.69, 9.17) is 16.3 Å². The number of rotatable bonds is 6. The second-order valence-electron chi connectivity index (χ2n) is 5.70. The molecule has 28 heavy (non-hydrogen) atoms. The van der Waals surface area contributed by atoms with Crippen LogP contribution in [0.25, 0.3) is 0 Å². The smallest absolute Gasteiger partial charge is 0.339 e. The van der Waals surface area contributed by atoms with Gasteiger partial charge in [-0.15, -0.1) is 0 Å². The highest BCUT2D eigenvalue weighted by atomic mass is 35.5. The minimum atomic E-state index is -0.541. The summed E-state index contributed by atoms with van der Waals surface area (Å²) in [7, 11) is 1.28. The van der Waals surface area contributed by atoms with Crippen LogP contribution in [0.4, 0.5) is 11.6 Å². The van der Waals surface area contributed by atoms with Gasteiger partial charge in [0.1, 0.15) is 5.69 Å². The van der Waals surface area contributed by atoms with Crippen molar-refractivity contribution in [3.63, 3.8) is 0 Å². The van der Waals surface area contributed by atoms with E-state index in [1.807, 2.05) is 18.2 Å². The molecule has 1 heterocycles. The number of anilines is 2. The molecule has 0 saturated carbocycles. The van der Waals surface area contributed by atoms with Gasteiger partial charge in [-0.05, 0) is 29.8 Å². The second-order valence-corrected chi connectivity index (χ2v) is 6.11. The van der Waals surface area contributed by atoms with Crippen LogP contribution in [-0.2, 0) is 11.3 Å². The Bertz CT molecular complexity index is 1010. The topological polar surface area (TPSA) is 93.2 Å². The molecule has 0 aliphatic heterocycles. The number of carbonyl (C=O) groups is 2. The lowest BCUT2D eigenvalue weighted by atomic mass is 10.1. The van der Waals surface area contributed by atoms with E-state index in [0.717, 1.165) is 5.56 Å². The van der Waals surface area contributed by atoms with Gasteiger partial charge in [0.15, 0.2) is 0 Å². The van der Waals surface area contributed by atoms with Crippen LogP contribution >= 0.6 is 11.6 Å². The molecule has 0 fully saturated rings. The summed E-state index contributed by atoms with van der Waals surface area (Å²) in [6, 6.07) is 15.5. The molecule has 1 amide bonds. The number of nitrogens with one attached hydrogen (secondary N) is 2. The fraction of sp³-hybridized carbons (Fsp3) is 0.100. The number of aromatic nitrogens is 2. The Morgan fingerprint density at radius 3 is 2.61 bits per heavy atom. The number of carbonyl (C=O) groups excluding carboxylic acids is 2. The number of para-hydroxylation sites is 1. The summed E-state index contributed by atoms with van der Waals surface area (Å²) in [6.45, 7) is 0.413. The molecule has 142 valence electrons. The van der Waals surface area contributed by atoms with Gasteiger partial charge in [-0.3, -0.25) is 4.79 Å². The Balaban J connectivity index is 1.73. The van der Waals surface area contributed by atoms with Crippen molar-refractivity contribution in [2.75, 3.05) is 17.7 Å². The van der Waals surface area contributed by atoms with Gasteiger partial charge >= 0.3 is 5.97 Å². The molecule has 0 aliphatic carbocycles.